The molecule has 0 fully saturated rings. The highest BCUT2D eigenvalue weighted by Crippen LogP contribution is 2.31. The van der Waals surface area contributed by atoms with Crippen molar-refractivity contribution in [2.45, 2.75) is 64.4 Å². The van der Waals surface area contributed by atoms with Gasteiger partial charge in [0.2, 0.25) is 0 Å². The van der Waals surface area contributed by atoms with Crippen molar-refractivity contribution in [2.24, 2.45) is 11.8 Å². The maximum atomic E-state index is 13.2. The van der Waals surface area contributed by atoms with E-state index in [9.17, 15) is 22.2 Å². The maximum Gasteiger partial charge on any atom is 0.405 e. The fraction of sp³-hybridized carbons (Fsp3) is 0.923. The number of aliphatic carboxylic acids is 1. The molecule has 0 aliphatic heterocycles. The van der Waals surface area contributed by atoms with Gasteiger partial charge in [-0.1, -0.05) is 20.3 Å². The van der Waals surface area contributed by atoms with Gasteiger partial charge in [0.05, 0.1) is 21.7 Å². The first kappa shape index (κ1) is 20.4. The van der Waals surface area contributed by atoms with Gasteiger partial charge in [0.15, 0.2) is 0 Å². The summed E-state index contributed by atoms with van der Waals surface area (Å²) in [5, 5.41) is 9.13. The van der Waals surface area contributed by atoms with Crippen LogP contribution in [0, 0.1) is 11.8 Å². The molecular formula is C13H24F3NO3S. The molecule has 0 saturated heterocycles. The van der Waals surface area contributed by atoms with E-state index >= 15 is 0 Å². The van der Waals surface area contributed by atoms with Crippen LogP contribution in [0.1, 0.15) is 47.5 Å². The third-order valence-electron chi connectivity index (χ3n) is 3.22. The van der Waals surface area contributed by atoms with Gasteiger partial charge < -0.3 is 5.11 Å². The zero-order valence-electron chi connectivity index (χ0n) is 13.0. The molecule has 2 N–H and O–H groups in total. The second kappa shape index (κ2) is 7.58. The first-order valence-corrected chi connectivity index (χ1v) is 7.93. The van der Waals surface area contributed by atoms with Gasteiger partial charge in [-0.15, -0.1) is 0 Å². The van der Waals surface area contributed by atoms with Crippen LogP contribution in [-0.2, 0) is 15.8 Å². The Morgan fingerprint density at radius 3 is 2.05 bits per heavy atom. The zero-order chi connectivity index (χ0) is 17.0. The van der Waals surface area contributed by atoms with Gasteiger partial charge in [0.25, 0.3) is 0 Å². The van der Waals surface area contributed by atoms with Gasteiger partial charge in [-0.25, -0.2) is 8.93 Å². The molecule has 0 rings (SSSR count). The molecule has 4 nitrogen and oxygen atoms in total. The molecule has 0 amide bonds. The van der Waals surface area contributed by atoms with Gasteiger partial charge in [-0.3, -0.25) is 4.79 Å². The molecule has 0 saturated carbocycles. The number of carboxylic acid groups (broad SMARTS) is 1. The molecule has 0 aliphatic carbocycles. The number of carboxylic acids is 1. The Bertz CT molecular complexity index is 380. The van der Waals surface area contributed by atoms with E-state index in [2.05, 4.69) is 0 Å². The summed E-state index contributed by atoms with van der Waals surface area (Å²) < 4.78 is 52.5. The fourth-order valence-corrected chi connectivity index (χ4v) is 2.53. The van der Waals surface area contributed by atoms with Crippen LogP contribution in [0.15, 0.2) is 0 Å². The first-order valence-electron chi connectivity index (χ1n) is 6.78. The molecule has 0 heterocycles. The van der Waals surface area contributed by atoms with Gasteiger partial charge in [0, 0.05) is 0 Å². The van der Waals surface area contributed by atoms with Crippen molar-refractivity contribution >= 4 is 17.0 Å². The van der Waals surface area contributed by atoms with Crippen LogP contribution in [0.2, 0.25) is 0 Å². The minimum absolute atomic E-state index is 0.121. The SMILES string of the molecule is CCC(C)C[C@@H](C(=O)O)[C@@H](N[S@](=O)C(C)(C)C)C(F)(F)F. The number of alkyl halides is 3. The van der Waals surface area contributed by atoms with E-state index in [1.165, 1.54) is 20.8 Å². The van der Waals surface area contributed by atoms with Crippen LogP contribution in [0.4, 0.5) is 13.2 Å². The Balaban J connectivity index is 5.37. The molecule has 4 atom stereocenters. The van der Waals surface area contributed by atoms with E-state index in [-0.39, 0.29) is 12.3 Å². The van der Waals surface area contributed by atoms with Crippen molar-refractivity contribution in [3.63, 3.8) is 0 Å². The van der Waals surface area contributed by atoms with Crippen molar-refractivity contribution in [2.75, 3.05) is 0 Å². The Kier molecular flexibility index (Phi) is 7.35. The average molecular weight is 331 g/mol. The van der Waals surface area contributed by atoms with E-state index in [0.29, 0.717) is 6.42 Å². The highest BCUT2D eigenvalue weighted by atomic mass is 32.2. The van der Waals surface area contributed by atoms with Crippen molar-refractivity contribution in [1.82, 2.24) is 4.72 Å². The predicted molar refractivity (Wildman–Crippen MR) is 76.1 cm³/mol. The molecule has 0 radical (unpaired) electrons. The van der Waals surface area contributed by atoms with E-state index in [1.54, 1.807) is 13.8 Å². The van der Waals surface area contributed by atoms with Crippen molar-refractivity contribution in [3.05, 3.63) is 0 Å². The van der Waals surface area contributed by atoms with Crippen LogP contribution in [0.25, 0.3) is 0 Å². The highest BCUT2D eigenvalue weighted by molar-refractivity contribution is 7.84. The molecule has 21 heavy (non-hydrogen) atoms. The Labute approximate surface area is 126 Å². The average Bonchev–Trinajstić information content (AvgIpc) is 2.29. The molecule has 0 aliphatic rings. The van der Waals surface area contributed by atoms with E-state index in [1.807, 2.05) is 4.72 Å². The standard InChI is InChI=1S/C13H24F3NO3S/c1-6-8(2)7-9(11(18)19)10(13(14,15)16)17-21(20)12(3,4)5/h8-10,17H,6-7H2,1-5H3,(H,18,19)/t8?,9-,10-,21-/m1/s1. The first-order chi connectivity index (χ1) is 9.30. The smallest absolute Gasteiger partial charge is 0.405 e. The lowest BCUT2D eigenvalue weighted by Gasteiger charge is -2.30. The number of hydrogen-bond donors (Lipinski definition) is 2. The second-order valence-electron chi connectivity index (χ2n) is 6.21. The van der Waals surface area contributed by atoms with Gasteiger partial charge in [0.1, 0.15) is 6.04 Å². The molecule has 1 unspecified atom stereocenters. The minimum atomic E-state index is -4.78. The number of hydrogen-bond acceptors (Lipinski definition) is 2. The summed E-state index contributed by atoms with van der Waals surface area (Å²) >= 11 is 0. The molecular weight excluding hydrogens is 307 g/mol. The molecule has 0 aromatic rings. The normalized spacial score (nSPS) is 18.9. The quantitative estimate of drug-likeness (QED) is 0.753. The van der Waals surface area contributed by atoms with Crippen LogP contribution in [0.5, 0.6) is 0 Å². The van der Waals surface area contributed by atoms with Crippen molar-refractivity contribution in [3.8, 4) is 0 Å². The van der Waals surface area contributed by atoms with Gasteiger partial charge in [-0.05, 0) is 33.1 Å². The van der Waals surface area contributed by atoms with E-state index in [0.717, 1.165) is 0 Å². The van der Waals surface area contributed by atoms with Crippen molar-refractivity contribution < 1.29 is 27.3 Å². The van der Waals surface area contributed by atoms with E-state index in [4.69, 9.17) is 5.11 Å². The Morgan fingerprint density at radius 1 is 1.29 bits per heavy atom. The summed E-state index contributed by atoms with van der Waals surface area (Å²) in [6.45, 7) is 8.05. The number of rotatable bonds is 7. The summed E-state index contributed by atoms with van der Waals surface area (Å²) in [4.78, 5) is 11.2. The van der Waals surface area contributed by atoms with Gasteiger partial charge in [-0.2, -0.15) is 13.2 Å². The maximum absolute atomic E-state index is 13.2. The lowest BCUT2D eigenvalue weighted by Crippen LogP contribution is -2.53. The molecule has 0 aromatic heterocycles. The summed E-state index contributed by atoms with van der Waals surface area (Å²) in [6, 6.07) is -2.33. The number of carbonyl (C=O) groups is 1. The molecule has 8 heteroatoms. The van der Waals surface area contributed by atoms with Crippen LogP contribution < -0.4 is 4.72 Å². The van der Waals surface area contributed by atoms with Crippen LogP contribution in [0.3, 0.4) is 0 Å². The topological polar surface area (TPSA) is 66.4 Å². The van der Waals surface area contributed by atoms with Crippen LogP contribution in [-0.4, -0.2) is 32.2 Å². The summed E-state index contributed by atoms with van der Waals surface area (Å²) in [5.41, 5.74) is 0. The summed E-state index contributed by atoms with van der Waals surface area (Å²) in [7, 11) is -2.00. The third-order valence-corrected chi connectivity index (χ3v) is 4.80. The second-order valence-corrected chi connectivity index (χ2v) is 8.21. The Morgan fingerprint density at radius 2 is 1.76 bits per heavy atom. The lowest BCUT2D eigenvalue weighted by molar-refractivity contribution is -0.177. The number of nitrogens with one attached hydrogen (secondary N) is 1. The van der Waals surface area contributed by atoms with Crippen molar-refractivity contribution in [1.29, 1.82) is 0 Å². The largest absolute Gasteiger partial charge is 0.481 e. The molecule has 126 valence electrons. The monoisotopic (exact) mass is 331 g/mol. The van der Waals surface area contributed by atoms with E-state index < -0.39 is 39.8 Å². The lowest BCUT2D eigenvalue weighted by atomic mass is 9.88. The van der Waals surface area contributed by atoms with Gasteiger partial charge >= 0.3 is 12.1 Å². The minimum Gasteiger partial charge on any atom is -0.481 e. The number of halogens is 3. The summed E-state index contributed by atoms with van der Waals surface area (Å²) in [6.07, 6.45) is -4.32. The fourth-order valence-electron chi connectivity index (χ4n) is 1.65. The molecule has 0 bridgehead atoms. The molecule has 0 spiro atoms. The Hall–Kier alpha value is -0.630. The van der Waals surface area contributed by atoms with Crippen LogP contribution >= 0.6 is 0 Å². The predicted octanol–water partition coefficient (Wildman–Crippen LogP) is 3.11. The summed E-state index contributed by atoms with van der Waals surface area (Å²) in [5.74, 6) is -3.36. The highest BCUT2D eigenvalue weighted by Gasteiger charge is 2.49. The third kappa shape index (κ3) is 6.78. The molecule has 0 aromatic carbocycles. The zero-order valence-corrected chi connectivity index (χ0v) is 13.8.